The second kappa shape index (κ2) is 7.29. The maximum atomic E-state index is 13.0. The molecule has 7 nitrogen and oxygen atoms in total. The molecule has 0 aromatic carbocycles. The Kier molecular flexibility index (Phi) is 5.11. The van der Waals surface area contributed by atoms with Crippen LogP contribution < -0.4 is 0 Å². The Bertz CT molecular complexity index is 756. The molecule has 1 aliphatic heterocycles. The number of hydrogen-bond donors (Lipinski definition) is 0. The molecule has 1 atom stereocenters. The zero-order valence-electron chi connectivity index (χ0n) is 15.3. The molecule has 2 aromatic heterocycles. The van der Waals surface area contributed by atoms with Crippen molar-refractivity contribution in [3.63, 3.8) is 0 Å². The third-order valence-corrected chi connectivity index (χ3v) is 4.58. The van der Waals surface area contributed by atoms with Crippen LogP contribution in [-0.4, -0.2) is 44.0 Å². The van der Waals surface area contributed by atoms with Crippen molar-refractivity contribution in [2.45, 2.75) is 58.8 Å². The minimum Gasteiger partial charge on any atom is -0.339 e. The van der Waals surface area contributed by atoms with Crippen LogP contribution in [0.15, 0.2) is 10.7 Å². The summed E-state index contributed by atoms with van der Waals surface area (Å²) in [4.78, 5) is 27.9. The molecule has 1 unspecified atom stereocenters. The summed E-state index contributed by atoms with van der Waals surface area (Å²) < 4.78 is 5.32. The van der Waals surface area contributed by atoms with Crippen molar-refractivity contribution in [2.24, 2.45) is 0 Å². The number of hydrogen-bond acceptors (Lipinski definition) is 6. The molecule has 0 spiro atoms. The molecule has 0 saturated carbocycles. The highest BCUT2D eigenvalue weighted by atomic mass is 16.5. The Morgan fingerprint density at radius 1 is 1.40 bits per heavy atom. The van der Waals surface area contributed by atoms with Crippen LogP contribution in [0, 0.1) is 6.92 Å². The summed E-state index contributed by atoms with van der Waals surface area (Å²) in [6, 6.07) is 0. The molecule has 0 N–H and O–H groups in total. The van der Waals surface area contributed by atoms with E-state index in [2.05, 4.69) is 20.1 Å². The summed E-state index contributed by atoms with van der Waals surface area (Å²) in [5, 5.41) is 4.12. The van der Waals surface area contributed by atoms with Gasteiger partial charge in [-0.25, -0.2) is 9.97 Å². The normalized spacial score (nSPS) is 18.0. The van der Waals surface area contributed by atoms with Gasteiger partial charge in [-0.1, -0.05) is 25.9 Å². The Balaban J connectivity index is 1.77. The monoisotopic (exact) mass is 343 g/mol. The fourth-order valence-electron chi connectivity index (χ4n) is 3.16. The first-order valence-corrected chi connectivity index (χ1v) is 8.94. The van der Waals surface area contributed by atoms with E-state index in [4.69, 9.17) is 4.52 Å². The second-order valence-electron chi connectivity index (χ2n) is 6.87. The van der Waals surface area contributed by atoms with E-state index in [0.717, 1.165) is 25.1 Å². The smallest absolute Gasteiger partial charge is 0.257 e. The van der Waals surface area contributed by atoms with Crippen LogP contribution in [-0.2, 0) is 6.42 Å². The average molecular weight is 343 g/mol. The van der Waals surface area contributed by atoms with Crippen LogP contribution in [0.4, 0.5) is 0 Å². The van der Waals surface area contributed by atoms with E-state index >= 15 is 0 Å². The summed E-state index contributed by atoms with van der Waals surface area (Å²) in [7, 11) is 0. The highest BCUT2D eigenvalue weighted by molar-refractivity contribution is 5.95. The largest absolute Gasteiger partial charge is 0.339 e. The number of nitrogens with zero attached hydrogens (tertiary/aromatic N) is 5. The molecule has 7 heteroatoms. The van der Waals surface area contributed by atoms with Crippen molar-refractivity contribution < 1.29 is 9.32 Å². The molecular weight excluding hydrogens is 318 g/mol. The summed E-state index contributed by atoms with van der Waals surface area (Å²) in [5.41, 5.74) is 1.41. The Morgan fingerprint density at radius 3 is 2.88 bits per heavy atom. The zero-order valence-corrected chi connectivity index (χ0v) is 15.3. The predicted molar refractivity (Wildman–Crippen MR) is 92.4 cm³/mol. The van der Waals surface area contributed by atoms with E-state index in [9.17, 15) is 4.79 Å². The van der Waals surface area contributed by atoms with E-state index in [1.54, 1.807) is 6.20 Å². The fraction of sp³-hybridized carbons (Fsp3) is 0.611. The topological polar surface area (TPSA) is 85.0 Å². The van der Waals surface area contributed by atoms with Gasteiger partial charge in [-0.05, 0) is 26.2 Å². The lowest BCUT2D eigenvalue weighted by Gasteiger charge is -2.31. The van der Waals surface area contributed by atoms with Crippen molar-refractivity contribution in [1.82, 2.24) is 25.0 Å². The van der Waals surface area contributed by atoms with Crippen molar-refractivity contribution in [2.75, 3.05) is 13.1 Å². The summed E-state index contributed by atoms with van der Waals surface area (Å²) >= 11 is 0. The van der Waals surface area contributed by atoms with Crippen LogP contribution in [0.1, 0.15) is 79.0 Å². The molecule has 1 saturated heterocycles. The van der Waals surface area contributed by atoms with E-state index in [-0.39, 0.29) is 17.7 Å². The quantitative estimate of drug-likeness (QED) is 0.848. The molecule has 25 heavy (non-hydrogen) atoms. The number of carbonyl (C=O) groups is 1. The van der Waals surface area contributed by atoms with Gasteiger partial charge in [-0.15, -0.1) is 0 Å². The minimum atomic E-state index is -0.00544. The Morgan fingerprint density at radius 2 is 2.20 bits per heavy atom. The number of piperidine rings is 1. The lowest BCUT2D eigenvalue weighted by molar-refractivity contribution is 0.0701. The second-order valence-corrected chi connectivity index (χ2v) is 6.87. The molecular formula is C18H25N5O2. The number of carbonyl (C=O) groups excluding carboxylic acids is 1. The van der Waals surface area contributed by atoms with E-state index < -0.39 is 0 Å². The molecule has 3 rings (SSSR count). The highest BCUT2D eigenvalue weighted by Crippen LogP contribution is 2.27. The summed E-state index contributed by atoms with van der Waals surface area (Å²) in [5.74, 6) is 2.37. The number of aromatic nitrogens is 4. The van der Waals surface area contributed by atoms with Gasteiger partial charge in [-0.3, -0.25) is 4.79 Å². The van der Waals surface area contributed by atoms with Gasteiger partial charge in [0, 0.05) is 31.1 Å². The SMILES string of the molecule is CCc1nc(C)ncc1C(=O)N1CCCC(c2noc(C(C)C)n2)C1. The third-order valence-electron chi connectivity index (χ3n) is 4.58. The number of rotatable bonds is 4. The first-order valence-electron chi connectivity index (χ1n) is 8.94. The van der Waals surface area contributed by atoms with Crippen molar-refractivity contribution >= 4 is 5.91 Å². The van der Waals surface area contributed by atoms with Gasteiger partial charge >= 0.3 is 0 Å². The molecule has 134 valence electrons. The molecule has 0 radical (unpaired) electrons. The lowest BCUT2D eigenvalue weighted by atomic mass is 9.96. The molecule has 2 aromatic rings. The maximum Gasteiger partial charge on any atom is 0.257 e. The van der Waals surface area contributed by atoms with E-state index in [1.807, 2.05) is 32.6 Å². The van der Waals surface area contributed by atoms with Crippen molar-refractivity contribution in [3.05, 3.63) is 35.0 Å². The van der Waals surface area contributed by atoms with Gasteiger partial charge in [0.2, 0.25) is 5.89 Å². The first-order chi connectivity index (χ1) is 12.0. The third kappa shape index (κ3) is 3.70. The van der Waals surface area contributed by atoms with Crippen LogP contribution in [0.25, 0.3) is 0 Å². The average Bonchev–Trinajstić information content (AvgIpc) is 3.11. The highest BCUT2D eigenvalue weighted by Gasteiger charge is 2.30. The maximum absolute atomic E-state index is 13.0. The number of likely N-dealkylation sites (tertiary alicyclic amines) is 1. The van der Waals surface area contributed by atoms with Gasteiger partial charge in [-0.2, -0.15) is 4.98 Å². The fourth-order valence-corrected chi connectivity index (χ4v) is 3.16. The van der Waals surface area contributed by atoms with Gasteiger partial charge in [0.25, 0.3) is 5.91 Å². The van der Waals surface area contributed by atoms with E-state index in [1.165, 1.54) is 0 Å². The number of aryl methyl sites for hydroxylation is 2. The molecule has 1 fully saturated rings. The van der Waals surface area contributed by atoms with Gasteiger partial charge < -0.3 is 9.42 Å². The van der Waals surface area contributed by atoms with Crippen molar-refractivity contribution in [3.8, 4) is 0 Å². The lowest BCUT2D eigenvalue weighted by Crippen LogP contribution is -2.40. The molecule has 1 amide bonds. The van der Waals surface area contributed by atoms with Crippen LogP contribution in [0.3, 0.4) is 0 Å². The summed E-state index contributed by atoms with van der Waals surface area (Å²) in [6.07, 6.45) is 4.25. The predicted octanol–water partition coefficient (Wildman–Crippen LogP) is 2.87. The van der Waals surface area contributed by atoms with Gasteiger partial charge in [0.05, 0.1) is 11.3 Å². The molecule has 1 aliphatic rings. The molecule has 0 aliphatic carbocycles. The summed E-state index contributed by atoms with van der Waals surface area (Å²) in [6.45, 7) is 9.24. The Hall–Kier alpha value is -2.31. The first kappa shape index (κ1) is 17.5. The zero-order chi connectivity index (χ0) is 18.0. The molecule has 0 bridgehead atoms. The van der Waals surface area contributed by atoms with Crippen LogP contribution in [0.2, 0.25) is 0 Å². The standard InChI is InChI=1S/C18H25N5O2/c1-5-15-14(9-19-12(4)20-15)18(24)23-8-6-7-13(10-23)16-21-17(11(2)3)25-22-16/h9,11,13H,5-8,10H2,1-4H3. The van der Waals surface area contributed by atoms with E-state index in [0.29, 0.717) is 36.1 Å². The van der Waals surface area contributed by atoms with Crippen LogP contribution >= 0.6 is 0 Å². The van der Waals surface area contributed by atoms with Crippen molar-refractivity contribution in [1.29, 1.82) is 0 Å². The molecule has 3 heterocycles. The van der Waals surface area contributed by atoms with Crippen LogP contribution in [0.5, 0.6) is 0 Å². The number of amides is 1. The minimum absolute atomic E-state index is 0.00544. The Labute approximate surface area is 147 Å². The van der Waals surface area contributed by atoms with Gasteiger partial charge in [0.15, 0.2) is 5.82 Å². The van der Waals surface area contributed by atoms with Gasteiger partial charge in [0.1, 0.15) is 5.82 Å².